The van der Waals surface area contributed by atoms with Crippen molar-refractivity contribution in [3.05, 3.63) is 18.7 Å². The van der Waals surface area contributed by atoms with Crippen molar-refractivity contribution >= 4 is 23.2 Å². The standard InChI is InChI=1S/C11H16N6S/c1(3-16-5-7-18-8-6-16)12-10-11-15-14-9-17(11)4-2-13-10/h2,4,9H,1,3,5-8H2,(H,12,13). The van der Waals surface area contributed by atoms with E-state index in [0.29, 0.717) is 0 Å². The fourth-order valence-corrected chi connectivity index (χ4v) is 3.02. The van der Waals surface area contributed by atoms with Gasteiger partial charge < -0.3 is 5.32 Å². The number of hydrogen-bond donors (Lipinski definition) is 1. The van der Waals surface area contributed by atoms with Crippen molar-refractivity contribution in [3.8, 4) is 0 Å². The van der Waals surface area contributed by atoms with Gasteiger partial charge in [0.2, 0.25) is 5.65 Å². The first-order valence-electron chi connectivity index (χ1n) is 6.12. The van der Waals surface area contributed by atoms with Gasteiger partial charge in [0.1, 0.15) is 6.33 Å². The van der Waals surface area contributed by atoms with Crippen molar-refractivity contribution in [3.63, 3.8) is 0 Å². The molecule has 7 heteroatoms. The van der Waals surface area contributed by atoms with Gasteiger partial charge in [0.25, 0.3) is 0 Å². The number of aromatic nitrogens is 4. The molecule has 0 amide bonds. The van der Waals surface area contributed by atoms with Crippen LogP contribution in [-0.4, -0.2) is 62.2 Å². The van der Waals surface area contributed by atoms with E-state index in [2.05, 4.69) is 25.4 Å². The quantitative estimate of drug-likeness (QED) is 0.872. The van der Waals surface area contributed by atoms with Gasteiger partial charge in [-0.15, -0.1) is 10.2 Å². The van der Waals surface area contributed by atoms with Crippen LogP contribution < -0.4 is 5.32 Å². The van der Waals surface area contributed by atoms with E-state index in [1.807, 2.05) is 22.4 Å². The molecular weight excluding hydrogens is 248 g/mol. The molecule has 96 valence electrons. The topological polar surface area (TPSA) is 58.4 Å². The van der Waals surface area contributed by atoms with Crippen LogP contribution in [0, 0.1) is 0 Å². The van der Waals surface area contributed by atoms with Crippen molar-refractivity contribution in [2.24, 2.45) is 0 Å². The van der Waals surface area contributed by atoms with E-state index in [4.69, 9.17) is 0 Å². The van der Waals surface area contributed by atoms with Gasteiger partial charge in [0, 0.05) is 50.1 Å². The number of hydrogen-bond acceptors (Lipinski definition) is 6. The predicted molar refractivity (Wildman–Crippen MR) is 73.0 cm³/mol. The first kappa shape index (κ1) is 11.7. The number of rotatable bonds is 4. The Morgan fingerprint density at radius 1 is 1.33 bits per heavy atom. The molecule has 0 unspecified atom stereocenters. The predicted octanol–water partition coefficient (Wildman–Crippen LogP) is 0.585. The van der Waals surface area contributed by atoms with E-state index >= 15 is 0 Å². The number of nitrogens with one attached hydrogen (secondary N) is 1. The summed E-state index contributed by atoms with van der Waals surface area (Å²) in [6, 6.07) is 0. The average Bonchev–Trinajstić information content (AvgIpc) is 2.89. The Morgan fingerprint density at radius 3 is 3.11 bits per heavy atom. The number of thioether (sulfide) groups is 1. The second-order valence-electron chi connectivity index (χ2n) is 4.22. The smallest absolute Gasteiger partial charge is 0.203 e. The van der Waals surface area contributed by atoms with Gasteiger partial charge >= 0.3 is 0 Å². The molecule has 3 heterocycles. The lowest BCUT2D eigenvalue weighted by Crippen LogP contribution is -2.36. The van der Waals surface area contributed by atoms with E-state index in [1.165, 1.54) is 24.6 Å². The van der Waals surface area contributed by atoms with Crippen LogP contribution in [0.25, 0.3) is 5.65 Å². The maximum atomic E-state index is 4.30. The summed E-state index contributed by atoms with van der Waals surface area (Å²) in [5.41, 5.74) is 0.784. The maximum Gasteiger partial charge on any atom is 0.203 e. The molecule has 6 nitrogen and oxygen atoms in total. The van der Waals surface area contributed by atoms with Gasteiger partial charge in [-0.2, -0.15) is 11.8 Å². The van der Waals surface area contributed by atoms with Gasteiger partial charge in [0.05, 0.1) is 0 Å². The number of anilines is 1. The fraction of sp³-hybridized carbons (Fsp3) is 0.545. The van der Waals surface area contributed by atoms with Crippen LogP contribution in [0.15, 0.2) is 18.7 Å². The van der Waals surface area contributed by atoms with Crippen molar-refractivity contribution < 1.29 is 0 Å². The molecule has 0 saturated carbocycles. The van der Waals surface area contributed by atoms with Crippen LogP contribution in [0.4, 0.5) is 5.82 Å². The summed E-state index contributed by atoms with van der Waals surface area (Å²) in [4.78, 5) is 6.78. The minimum absolute atomic E-state index is 0.784. The molecule has 0 aromatic carbocycles. The molecule has 1 aliphatic rings. The molecule has 1 aliphatic heterocycles. The zero-order valence-corrected chi connectivity index (χ0v) is 10.9. The summed E-state index contributed by atoms with van der Waals surface area (Å²) in [5, 5.41) is 11.3. The van der Waals surface area contributed by atoms with Crippen LogP contribution in [0.5, 0.6) is 0 Å². The summed E-state index contributed by atoms with van der Waals surface area (Å²) in [6.07, 6.45) is 5.29. The molecule has 2 aromatic rings. The second-order valence-corrected chi connectivity index (χ2v) is 5.44. The Kier molecular flexibility index (Phi) is 3.61. The van der Waals surface area contributed by atoms with E-state index in [1.54, 1.807) is 12.5 Å². The molecule has 1 N–H and O–H groups in total. The first-order valence-corrected chi connectivity index (χ1v) is 7.27. The lowest BCUT2D eigenvalue weighted by molar-refractivity contribution is 0.314. The number of nitrogens with zero attached hydrogens (tertiary/aromatic N) is 5. The minimum Gasteiger partial charge on any atom is -0.366 e. The normalized spacial score (nSPS) is 17.1. The zero-order valence-electron chi connectivity index (χ0n) is 10.1. The Hall–Kier alpha value is -1.34. The second kappa shape index (κ2) is 5.53. The van der Waals surface area contributed by atoms with Gasteiger partial charge in [-0.1, -0.05) is 0 Å². The largest absolute Gasteiger partial charge is 0.366 e. The van der Waals surface area contributed by atoms with Crippen molar-refractivity contribution in [1.29, 1.82) is 0 Å². The molecule has 1 fully saturated rings. The Morgan fingerprint density at radius 2 is 2.22 bits per heavy atom. The molecule has 0 spiro atoms. The zero-order chi connectivity index (χ0) is 12.2. The van der Waals surface area contributed by atoms with Crippen LogP contribution >= 0.6 is 11.8 Å². The van der Waals surface area contributed by atoms with Gasteiger partial charge in [-0.05, 0) is 0 Å². The van der Waals surface area contributed by atoms with E-state index < -0.39 is 0 Å². The summed E-state index contributed by atoms with van der Waals surface area (Å²) in [7, 11) is 0. The first-order chi connectivity index (χ1) is 8.93. The molecule has 1 saturated heterocycles. The molecule has 0 aliphatic carbocycles. The molecular formula is C11H16N6S. The molecule has 0 bridgehead atoms. The highest BCUT2D eigenvalue weighted by Crippen LogP contribution is 2.10. The lowest BCUT2D eigenvalue weighted by Gasteiger charge is -2.26. The van der Waals surface area contributed by atoms with Crippen LogP contribution in [0.2, 0.25) is 0 Å². The summed E-state index contributed by atoms with van der Waals surface area (Å²) in [6.45, 7) is 4.32. The highest BCUT2D eigenvalue weighted by molar-refractivity contribution is 7.99. The molecule has 3 rings (SSSR count). The highest BCUT2D eigenvalue weighted by Gasteiger charge is 2.10. The van der Waals surface area contributed by atoms with Crippen molar-refractivity contribution in [2.75, 3.05) is 43.0 Å². The summed E-state index contributed by atoms with van der Waals surface area (Å²) in [5.74, 6) is 3.30. The summed E-state index contributed by atoms with van der Waals surface area (Å²) < 4.78 is 1.87. The van der Waals surface area contributed by atoms with Crippen LogP contribution in [-0.2, 0) is 0 Å². The van der Waals surface area contributed by atoms with Gasteiger partial charge in [0.15, 0.2) is 5.82 Å². The Bertz CT molecular complexity index is 507. The van der Waals surface area contributed by atoms with Crippen molar-refractivity contribution in [2.45, 2.75) is 0 Å². The number of fused-ring (bicyclic) bond motifs is 1. The molecule has 0 radical (unpaired) electrons. The Labute approximate surface area is 110 Å². The van der Waals surface area contributed by atoms with Crippen LogP contribution in [0.3, 0.4) is 0 Å². The maximum absolute atomic E-state index is 4.30. The van der Waals surface area contributed by atoms with E-state index in [-0.39, 0.29) is 0 Å². The fourth-order valence-electron chi connectivity index (χ4n) is 2.04. The van der Waals surface area contributed by atoms with Crippen LogP contribution in [0.1, 0.15) is 0 Å². The average molecular weight is 264 g/mol. The van der Waals surface area contributed by atoms with E-state index in [0.717, 1.165) is 24.6 Å². The minimum atomic E-state index is 0.784. The van der Waals surface area contributed by atoms with Crippen molar-refractivity contribution in [1.82, 2.24) is 24.5 Å². The molecule has 18 heavy (non-hydrogen) atoms. The third-order valence-electron chi connectivity index (χ3n) is 3.04. The molecule has 0 atom stereocenters. The summed E-state index contributed by atoms with van der Waals surface area (Å²) >= 11 is 2.04. The highest BCUT2D eigenvalue weighted by atomic mass is 32.2. The monoisotopic (exact) mass is 264 g/mol. The molecule has 2 aromatic heterocycles. The van der Waals surface area contributed by atoms with Gasteiger partial charge in [-0.25, -0.2) is 4.98 Å². The third-order valence-corrected chi connectivity index (χ3v) is 3.98. The van der Waals surface area contributed by atoms with Gasteiger partial charge in [-0.3, -0.25) is 9.30 Å². The van der Waals surface area contributed by atoms with E-state index in [9.17, 15) is 0 Å². The lowest BCUT2D eigenvalue weighted by atomic mass is 10.4. The third kappa shape index (κ3) is 2.56. The Balaban J connectivity index is 1.57. The SMILES string of the molecule is c1cn2cnnc2c(NCCN2CCSCC2)n1.